The highest BCUT2D eigenvalue weighted by molar-refractivity contribution is 7.13. The molecule has 1 aliphatic carbocycles. The molecule has 1 saturated heterocycles. The number of carbonyl (C=O) groups excluding carboxylic acids is 1. The Morgan fingerprint density at radius 3 is 2.81 bits per heavy atom. The number of hydrogen-bond donors (Lipinski definition) is 2. The number of alkyl halides is 2. The van der Waals surface area contributed by atoms with Crippen LogP contribution in [0.4, 0.5) is 8.78 Å². The van der Waals surface area contributed by atoms with Gasteiger partial charge in [-0.15, -0.1) is 11.3 Å². The number of rotatable bonds is 5. The first-order valence-electron chi connectivity index (χ1n) is 10.8. The van der Waals surface area contributed by atoms with Crippen molar-refractivity contribution < 1.29 is 13.6 Å². The van der Waals surface area contributed by atoms with Gasteiger partial charge in [-0.3, -0.25) is 14.7 Å². The lowest BCUT2D eigenvalue weighted by Gasteiger charge is -2.31. The van der Waals surface area contributed by atoms with E-state index in [1.54, 1.807) is 11.3 Å². The number of thiophene rings is 1. The van der Waals surface area contributed by atoms with Gasteiger partial charge in [0.1, 0.15) is 5.84 Å². The van der Waals surface area contributed by atoms with Crippen LogP contribution >= 0.6 is 11.3 Å². The van der Waals surface area contributed by atoms with Crippen LogP contribution in [0.5, 0.6) is 0 Å². The van der Waals surface area contributed by atoms with Gasteiger partial charge in [-0.1, -0.05) is 6.08 Å². The second-order valence-electron chi connectivity index (χ2n) is 9.01. The summed E-state index contributed by atoms with van der Waals surface area (Å²) in [5.74, 6) is -2.50. The van der Waals surface area contributed by atoms with E-state index in [1.807, 2.05) is 30.2 Å². The van der Waals surface area contributed by atoms with Crippen LogP contribution in [0.15, 0.2) is 29.3 Å². The zero-order valence-corrected chi connectivity index (χ0v) is 18.6. The minimum absolute atomic E-state index is 0.0371. The Balaban J connectivity index is 1.30. The number of fused-ring (bicyclic) bond motifs is 1. The third-order valence-corrected chi connectivity index (χ3v) is 7.42. The quantitative estimate of drug-likeness (QED) is 0.724. The van der Waals surface area contributed by atoms with Crippen LogP contribution in [0.1, 0.15) is 47.9 Å². The number of hydrogen-bond acceptors (Lipinski definition) is 6. The molecule has 166 valence electrons. The van der Waals surface area contributed by atoms with Gasteiger partial charge in [-0.25, -0.2) is 13.8 Å². The average molecular weight is 448 g/mol. The predicted octanol–water partition coefficient (Wildman–Crippen LogP) is 3.62. The Hall–Kier alpha value is -2.10. The number of carbonyl (C=O) groups is 1. The summed E-state index contributed by atoms with van der Waals surface area (Å²) in [6.07, 6.45) is 7.66. The number of halogens is 2. The van der Waals surface area contributed by atoms with Crippen LogP contribution in [0.2, 0.25) is 0 Å². The zero-order chi connectivity index (χ0) is 21.8. The van der Waals surface area contributed by atoms with E-state index in [-0.39, 0.29) is 24.7 Å². The number of amides is 1. The summed E-state index contributed by atoms with van der Waals surface area (Å²) in [4.78, 5) is 21.4. The third kappa shape index (κ3) is 4.31. The Bertz CT molecular complexity index is 986. The molecule has 4 aliphatic rings. The maximum Gasteiger partial charge on any atom is 0.250 e. The average Bonchev–Trinajstić information content (AvgIpc) is 3.42. The van der Waals surface area contributed by atoms with Crippen molar-refractivity contribution in [3.05, 3.63) is 39.6 Å². The lowest BCUT2D eigenvalue weighted by atomic mass is 10.1. The van der Waals surface area contributed by atoms with Crippen molar-refractivity contribution in [1.29, 1.82) is 0 Å². The highest BCUT2D eigenvalue weighted by Crippen LogP contribution is 2.36. The van der Waals surface area contributed by atoms with Crippen molar-refractivity contribution >= 4 is 28.8 Å². The molecule has 9 heteroatoms. The lowest BCUT2D eigenvalue weighted by molar-refractivity contribution is -0.124. The summed E-state index contributed by atoms with van der Waals surface area (Å²) < 4.78 is 26.9. The molecule has 1 saturated carbocycles. The van der Waals surface area contributed by atoms with Gasteiger partial charge in [-0.2, -0.15) is 5.43 Å². The van der Waals surface area contributed by atoms with E-state index in [0.29, 0.717) is 19.6 Å². The predicted molar refractivity (Wildman–Crippen MR) is 117 cm³/mol. The molecule has 1 aromatic heterocycles. The fourth-order valence-corrected chi connectivity index (χ4v) is 5.39. The molecule has 1 amide bonds. The van der Waals surface area contributed by atoms with Crippen LogP contribution in [0.3, 0.4) is 0 Å². The van der Waals surface area contributed by atoms with Crippen LogP contribution in [-0.2, 0) is 11.3 Å². The first-order chi connectivity index (χ1) is 14.7. The van der Waals surface area contributed by atoms with Crippen molar-refractivity contribution in [3.8, 4) is 0 Å². The number of nitrogens with one attached hydrogen (secondary N) is 2. The smallest absolute Gasteiger partial charge is 0.250 e. The molecule has 1 atom stereocenters. The minimum atomic E-state index is -2.52. The molecule has 0 radical (unpaired) electrons. The standard InChI is InChI=1S/C22H27F2N5OS/c1-14-12-17(31-18(14)13-28-10-8-22(23,24)9-11-28)16-4-3-5-19-25-21(2,27-29(16)19)26-20(30)15-6-7-15/h3-5,12,15,27H,6-11,13H2,1-2H3,(H,26,30). The molecule has 0 spiro atoms. The number of amidine groups is 1. The second-order valence-corrected chi connectivity index (χ2v) is 10.1. The summed E-state index contributed by atoms with van der Waals surface area (Å²) in [7, 11) is 0. The van der Waals surface area contributed by atoms with Crippen LogP contribution in [0.25, 0.3) is 5.70 Å². The first kappa shape index (κ1) is 20.8. The largest absolute Gasteiger partial charge is 0.318 e. The molecular formula is C22H27F2N5OS. The number of likely N-dealkylation sites (tertiary alicyclic amines) is 1. The Labute approximate surface area is 184 Å². The van der Waals surface area contributed by atoms with E-state index < -0.39 is 11.7 Å². The number of allylic oxidation sites excluding steroid dienone is 2. The fraction of sp³-hybridized carbons (Fsp3) is 0.545. The number of piperidine rings is 1. The molecular weight excluding hydrogens is 420 g/mol. The van der Waals surface area contributed by atoms with Gasteiger partial charge < -0.3 is 5.32 Å². The molecule has 1 unspecified atom stereocenters. The topological polar surface area (TPSA) is 60.0 Å². The van der Waals surface area contributed by atoms with E-state index in [2.05, 4.69) is 28.6 Å². The van der Waals surface area contributed by atoms with Crippen molar-refractivity contribution in [2.75, 3.05) is 13.1 Å². The molecule has 1 aromatic rings. The van der Waals surface area contributed by atoms with Gasteiger partial charge in [0.15, 0.2) is 0 Å². The molecule has 6 nitrogen and oxygen atoms in total. The molecule has 0 bridgehead atoms. The molecule has 4 heterocycles. The van der Waals surface area contributed by atoms with Gasteiger partial charge in [0.2, 0.25) is 11.7 Å². The van der Waals surface area contributed by atoms with Gasteiger partial charge in [0, 0.05) is 43.3 Å². The molecule has 5 rings (SSSR count). The fourth-order valence-electron chi connectivity index (χ4n) is 4.15. The second kappa shape index (κ2) is 7.50. The van der Waals surface area contributed by atoms with Crippen molar-refractivity contribution in [2.24, 2.45) is 10.9 Å². The van der Waals surface area contributed by atoms with E-state index in [0.717, 1.165) is 34.8 Å². The van der Waals surface area contributed by atoms with E-state index in [9.17, 15) is 13.6 Å². The molecule has 3 aliphatic heterocycles. The molecule has 2 fully saturated rings. The molecule has 0 aromatic carbocycles. The normalized spacial score (nSPS) is 27.7. The summed E-state index contributed by atoms with van der Waals surface area (Å²) in [6.45, 7) is 5.48. The molecule has 31 heavy (non-hydrogen) atoms. The minimum Gasteiger partial charge on any atom is -0.318 e. The summed E-state index contributed by atoms with van der Waals surface area (Å²) >= 11 is 1.68. The summed E-state index contributed by atoms with van der Waals surface area (Å²) in [6, 6.07) is 2.14. The van der Waals surface area contributed by atoms with Crippen LogP contribution in [-0.4, -0.2) is 46.5 Å². The number of aliphatic imine (C=N–C) groups is 1. The summed E-state index contributed by atoms with van der Waals surface area (Å²) in [5.41, 5.74) is 5.47. The maximum atomic E-state index is 13.5. The third-order valence-electron chi connectivity index (χ3n) is 6.18. The Kier molecular flexibility index (Phi) is 5.02. The van der Waals surface area contributed by atoms with Crippen molar-refractivity contribution in [1.82, 2.24) is 20.7 Å². The Morgan fingerprint density at radius 1 is 1.35 bits per heavy atom. The van der Waals surface area contributed by atoms with Crippen molar-refractivity contribution in [2.45, 2.75) is 57.8 Å². The van der Waals surface area contributed by atoms with E-state index >= 15 is 0 Å². The van der Waals surface area contributed by atoms with Gasteiger partial charge in [0.05, 0.1) is 10.6 Å². The van der Waals surface area contributed by atoms with E-state index in [4.69, 9.17) is 4.99 Å². The van der Waals surface area contributed by atoms with Gasteiger partial charge in [0.25, 0.3) is 5.92 Å². The van der Waals surface area contributed by atoms with Crippen molar-refractivity contribution in [3.63, 3.8) is 0 Å². The highest BCUT2D eigenvalue weighted by atomic mass is 32.1. The zero-order valence-electron chi connectivity index (χ0n) is 17.8. The highest BCUT2D eigenvalue weighted by Gasteiger charge is 2.41. The SMILES string of the molecule is Cc1cc(C2=CC=CC3=NC(C)(NC(=O)C4CC4)NN23)sc1CN1CCC(F)(F)CC1. The number of aryl methyl sites for hydroxylation is 1. The van der Waals surface area contributed by atoms with Gasteiger partial charge >= 0.3 is 0 Å². The van der Waals surface area contributed by atoms with Crippen LogP contribution < -0.4 is 10.7 Å². The Morgan fingerprint density at radius 2 is 2.10 bits per heavy atom. The monoisotopic (exact) mass is 447 g/mol. The number of hydrazine groups is 1. The first-order valence-corrected chi connectivity index (χ1v) is 11.6. The van der Waals surface area contributed by atoms with Crippen LogP contribution in [0, 0.1) is 12.8 Å². The lowest BCUT2D eigenvalue weighted by Crippen LogP contribution is -2.56. The van der Waals surface area contributed by atoms with Gasteiger partial charge in [-0.05, 0) is 50.5 Å². The molecule has 2 N–H and O–H groups in total. The number of nitrogens with zero attached hydrogens (tertiary/aromatic N) is 3. The van der Waals surface area contributed by atoms with E-state index in [1.165, 1.54) is 4.88 Å². The summed E-state index contributed by atoms with van der Waals surface area (Å²) in [5, 5.41) is 4.94. The maximum absolute atomic E-state index is 13.5.